The van der Waals surface area contributed by atoms with Crippen LogP contribution in [0.1, 0.15) is 0 Å². The van der Waals surface area contributed by atoms with Gasteiger partial charge in [0, 0.05) is 6.08 Å². The van der Waals surface area contributed by atoms with Gasteiger partial charge in [-0.25, -0.2) is 0 Å². The Morgan fingerprint density at radius 3 is 2.67 bits per heavy atom. The maximum Gasteiger partial charge on any atom is 0.252 e. The SMILES string of the molecule is C=C1NC(=O)C=C(S)N1. The van der Waals surface area contributed by atoms with E-state index in [2.05, 4.69) is 29.8 Å². The van der Waals surface area contributed by atoms with Gasteiger partial charge in [0.2, 0.25) is 0 Å². The van der Waals surface area contributed by atoms with Crippen molar-refractivity contribution in [3.63, 3.8) is 0 Å². The van der Waals surface area contributed by atoms with E-state index in [1.165, 1.54) is 6.08 Å². The van der Waals surface area contributed by atoms with E-state index in [0.29, 0.717) is 10.9 Å². The van der Waals surface area contributed by atoms with Crippen molar-refractivity contribution >= 4 is 18.5 Å². The van der Waals surface area contributed by atoms with E-state index in [4.69, 9.17) is 0 Å². The molecule has 4 heteroatoms. The average Bonchev–Trinajstić information content (AvgIpc) is 1.59. The van der Waals surface area contributed by atoms with E-state index in [1.807, 2.05) is 0 Å². The van der Waals surface area contributed by atoms with Crippen LogP contribution in [-0.2, 0) is 4.79 Å². The third-order valence-corrected chi connectivity index (χ3v) is 1.06. The molecule has 0 spiro atoms. The summed E-state index contributed by atoms with van der Waals surface area (Å²) in [6.45, 7) is 3.48. The van der Waals surface area contributed by atoms with Gasteiger partial charge in [0.05, 0.1) is 5.03 Å². The summed E-state index contributed by atoms with van der Waals surface area (Å²) in [6.07, 6.45) is 1.35. The monoisotopic (exact) mass is 142 g/mol. The van der Waals surface area contributed by atoms with Crippen molar-refractivity contribution in [3.8, 4) is 0 Å². The van der Waals surface area contributed by atoms with Crippen LogP contribution in [0.5, 0.6) is 0 Å². The van der Waals surface area contributed by atoms with Crippen molar-refractivity contribution in [2.75, 3.05) is 0 Å². The van der Waals surface area contributed by atoms with Gasteiger partial charge in [0.25, 0.3) is 5.91 Å². The smallest absolute Gasteiger partial charge is 0.252 e. The lowest BCUT2D eigenvalue weighted by atomic mass is 10.5. The van der Waals surface area contributed by atoms with Gasteiger partial charge in [-0.15, -0.1) is 12.6 Å². The molecule has 1 rings (SSSR count). The van der Waals surface area contributed by atoms with E-state index < -0.39 is 0 Å². The maximum absolute atomic E-state index is 10.5. The standard InChI is InChI=1S/C5H6N2OS/c1-3-6-4(8)2-5(9)7-3/h2,7,9H,1H2,(H,6,8). The van der Waals surface area contributed by atoms with Gasteiger partial charge in [-0.05, 0) is 0 Å². The van der Waals surface area contributed by atoms with Crippen molar-refractivity contribution in [2.24, 2.45) is 0 Å². The summed E-state index contributed by atoms with van der Waals surface area (Å²) in [6, 6.07) is 0. The van der Waals surface area contributed by atoms with Crippen LogP contribution in [0.15, 0.2) is 23.5 Å². The Bertz CT molecular complexity index is 197. The Balaban J connectivity index is 2.79. The van der Waals surface area contributed by atoms with Crippen LogP contribution in [0.2, 0.25) is 0 Å². The third kappa shape index (κ3) is 1.50. The minimum atomic E-state index is -0.191. The first-order chi connectivity index (χ1) is 4.18. The highest BCUT2D eigenvalue weighted by molar-refractivity contribution is 7.84. The summed E-state index contributed by atoms with van der Waals surface area (Å²) in [7, 11) is 0. The highest BCUT2D eigenvalue weighted by Gasteiger charge is 2.06. The molecule has 3 nitrogen and oxygen atoms in total. The zero-order valence-corrected chi connectivity index (χ0v) is 5.53. The van der Waals surface area contributed by atoms with Crippen LogP contribution < -0.4 is 10.6 Å². The van der Waals surface area contributed by atoms with Crippen LogP contribution >= 0.6 is 12.6 Å². The third-order valence-electron chi connectivity index (χ3n) is 0.821. The molecule has 0 saturated heterocycles. The van der Waals surface area contributed by atoms with Crippen molar-refractivity contribution in [1.82, 2.24) is 10.6 Å². The summed E-state index contributed by atoms with van der Waals surface area (Å²) in [4.78, 5) is 10.5. The fourth-order valence-electron chi connectivity index (χ4n) is 0.531. The second kappa shape index (κ2) is 2.14. The van der Waals surface area contributed by atoms with Gasteiger partial charge >= 0.3 is 0 Å². The molecule has 0 aromatic carbocycles. The average molecular weight is 142 g/mol. The van der Waals surface area contributed by atoms with Crippen molar-refractivity contribution < 1.29 is 4.79 Å². The van der Waals surface area contributed by atoms with Gasteiger partial charge < -0.3 is 10.6 Å². The second-order valence-corrected chi connectivity index (χ2v) is 2.10. The van der Waals surface area contributed by atoms with Gasteiger partial charge in [0.15, 0.2) is 0 Å². The zero-order chi connectivity index (χ0) is 6.85. The summed E-state index contributed by atoms with van der Waals surface area (Å²) < 4.78 is 0. The summed E-state index contributed by atoms with van der Waals surface area (Å²) in [5, 5.41) is 5.67. The molecule has 0 bridgehead atoms. The van der Waals surface area contributed by atoms with E-state index in [-0.39, 0.29) is 5.91 Å². The fraction of sp³-hybridized carbons (Fsp3) is 0. The van der Waals surface area contributed by atoms with Crippen LogP contribution in [0.25, 0.3) is 0 Å². The van der Waals surface area contributed by atoms with E-state index in [0.717, 1.165) is 0 Å². The zero-order valence-electron chi connectivity index (χ0n) is 4.64. The first-order valence-corrected chi connectivity index (χ1v) is 2.81. The van der Waals surface area contributed by atoms with E-state index >= 15 is 0 Å². The number of amides is 1. The summed E-state index contributed by atoms with van der Waals surface area (Å²) in [5.74, 6) is 0.274. The minimum absolute atomic E-state index is 0.191. The van der Waals surface area contributed by atoms with Crippen LogP contribution in [0.4, 0.5) is 0 Å². The number of hydrogen-bond acceptors (Lipinski definition) is 3. The van der Waals surface area contributed by atoms with Gasteiger partial charge in [-0.2, -0.15) is 0 Å². The van der Waals surface area contributed by atoms with Crippen molar-refractivity contribution in [3.05, 3.63) is 23.5 Å². The lowest BCUT2D eigenvalue weighted by molar-refractivity contribution is -0.116. The van der Waals surface area contributed by atoms with Crippen molar-refractivity contribution in [2.45, 2.75) is 0 Å². The molecule has 1 aliphatic rings. The summed E-state index contributed by atoms with van der Waals surface area (Å²) >= 11 is 3.91. The molecule has 9 heavy (non-hydrogen) atoms. The largest absolute Gasteiger partial charge is 0.337 e. The van der Waals surface area contributed by atoms with E-state index in [9.17, 15) is 4.79 Å². The predicted molar refractivity (Wildman–Crippen MR) is 37.5 cm³/mol. The number of carbonyl (C=O) groups is 1. The molecule has 0 aromatic rings. The second-order valence-electron chi connectivity index (χ2n) is 1.62. The Labute approximate surface area is 58.2 Å². The molecule has 0 atom stereocenters. The number of rotatable bonds is 0. The van der Waals surface area contributed by atoms with Crippen molar-refractivity contribution in [1.29, 1.82) is 0 Å². The Morgan fingerprint density at radius 1 is 1.56 bits per heavy atom. The molecule has 0 fully saturated rings. The van der Waals surface area contributed by atoms with Gasteiger partial charge in [0.1, 0.15) is 5.82 Å². The molecule has 0 unspecified atom stereocenters. The Hall–Kier alpha value is -0.900. The molecule has 0 aromatic heterocycles. The predicted octanol–water partition coefficient (Wildman–Crippen LogP) is -0.0518. The fourth-order valence-corrected chi connectivity index (χ4v) is 0.783. The molecule has 2 N–H and O–H groups in total. The van der Waals surface area contributed by atoms with Crippen LogP contribution in [-0.4, -0.2) is 5.91 Å². The maximum atomic E-state index is 10.5. The van der Waals surface area contributed by atoms with Crippen LogP contribution in [0, 0.1) is 0 Å². The molecule has 1 amide bonds. The van der Waals surface area contributed by atoms with Crippen LogP contribution in [0.3, 0.4) is 0 Å². The number of nitrogens with one attached hydrogen (secondary N) is 2. The molecule has 0 saturated carbocycles. The molecular formula is C5H6N2OS. The molecule has 1 heterocycles. The topological polar surface area (TPSA) is 41.1 Å². The van der Waals surface area contributed by atoms with Gasteiger partial charge in [-0.3, -0.25) is 4.79 Å². The molecular weight excluding hydrogens is 136 g/mol. The first kappa shape index (κ1) is 6.22. The Morgan fingerprint density at radius 2 is 2.22 bits per heavy atom. The number of carbonyl (C=O) groups excluding carboxylic acids is 1. The number of hydrogen-bond donors (Lipinski definition) is 3. The minimum Gasteiger partial charge on any atom is -0.337 e. The number of thiol groups is 1. The van der Waals surface area contributed by atoms with E-state index in [1.54, 1.807) is 0 Å². The molecule has 0 radical (unpaired) electrons. The lowest BCUT2D eigenvalue weighted by Crippen LogP contribution is -2.33. The normalized spacial score (nSPS) is 18.1. The van der Waals surface area contributed by atoms with Gasteiger partial charge in [-0.1, -0.05) is 6.58 Å². The molecule has 0 aliphatic carbocycles. The Kier molecular flexibility index (Phi) is 1.48. The molecule has 48 valence electrons. The first-order valence-electron chi connectivity index (χ1n) is 2.36. The highest BCUT2D eigenvalue weighted by Crippen LogP contribution is 2.01. The quantitative estimate of drug-likeness (QED) is 0.415. The molecule has 1 aliphatic heterocycles. The summed E-state index contributed by atoms with van der Waals surface area (Å²) in [5.41, 5.74) is 0. The highest BCUT2D eigenvalue weighted by atomic mass is 32.1. The lowest BCUT2D eigenvalue weighted by Gasteiger charge is -2.13.